The molecule has 3 amide bonds. The minimum absolute atomic E-state index is 0.300. The molecule has 0 bridgehead atoms. The van der Waals surface area contributed by atoms with Crippen LogP contribution in [0.5, 0.6) is 0 Å². The van der Waals surface area contributed by atoms with Gasteiger partial charge in [0.1, 0.15) is 11.5 Å². The molecule has 114 valence electrons. The van der Waals surface area contributed by atoms with E-state index in [1.54, 1.807) is 26.0 Å². The van der Waals surface area contributed by atoms with Crippen LogP contribution < -0.4 is 4.90 Å². The van der Waals surface area contributed by atoms with Crippen LogP contribution in [-0.2, 0) is 9.63 Å². The van der Waals surface area contributed by atoms with Crippen LogP contribution in [0.1, 0.15) is 13.8 Å². The van der Waals surface area contributed by atoms with Gasteiger partial charge in [-0.1, -0.05) is 23.2 Å². The molecule has 1 aliphatic rings. The molecule has 0 spiro atoms. The predicted octanol–water partition coefficient (Wildman–Crippen LogP) is 3.71. The summed E-state index contributed by atoms with van der Waals surface area (Å²) in [6.45, 7) is 3.67. The third kappa shape index (κ3) is 3.11. The fourth-order valence-electron chi connectivity index (χ4n) is 1.94. The van der Waals surface area contributed by atoms with Crippen LogP contribution >= 0.6 is 34.8 Å². The SMILES string of the molecule is CCN(C(=O)N1OC(C)C(Cl)C1=O)c1ccc(Cl)cc1Cl. The number of hydrogen-bond donors (Lipinski definition) is 0. The lowest BCUT2D eigenvalue weighted by atomic mass is 10.3. The second-order valence-corrected chi connectivity index (χ2v) is 5.78. The Kier molecular flexibility index (Phi) is 4.99. The number of halogens is 3. The van der Waals surface area contributed by atoms with E-state index in [4.69, 9.17) is 39.6 Å². The van der Waals surface area contributed by atoms with Gasteiger partial charge in [-0.25, -0.2) is 4.79 Å². The number of rotatable bonds is 2. The van der Waals surface area contributed by atoms with E-state index in [0.717, 1.165) is 0 Å². The van der Waals surface area contributed by atoms with Gasteiger partial charge in [0, 0.05) is 11.6 Å². The lowest BCUT2D eigenvalue weighted by Gasteiger charge is -2.25. The summed E-state index contributed by atoms with van der Waals surface area (Å²) in [4.78, 5) is 30.9. The van der Waals surface area contributed by atoms with Crippen molar-refractivity contribution in [1.29, 1.82) is 0 Å². The topological polar surface area (TPSA) is 49.9 Å². The van der Waals surface area contributed by atoms with E-state index < -0.39 is 23.4 Å². The van der Waals surface area contributed by atoms with E-state index in [0.29, 0.717) is 27.3 Å². The minimum atomic E-state index is -0.881. The van der Waals surface area contributed by atoms with Gasteiger partial charge in [0.15, 0.2) is 0 Å². The first kappa shape index (κ1) is 16.4. The number of nitrogens with zero attached hydrogens (tertiary/aromatic N) is 2. The number of carbonyl (C=O) groups excluding carboxylic acids is 2. The first-order chi connectivity index (χ1) is 9.86. The van der Waals surface area contributed by atoms with Crippen LogP contribution in [-0.4, -0.2) is 35.0 Å². The summed E-state index contributed by atoms with van der Waals surface area (Å²) in [6.07, 6.45) is -0.567. The Hall–Kier alpha value is -1.01. The highest BCUT2D eigenvalue weighted by atomic mass is 35.5. The maximum absolute atomic E-state index is 12.5. The number of amides is 3. The van der Waals surface area contributed by atoms with E-state index in [1.807, 2.05) is 0 Å². The fourth-order valence-corrected chi connectivity index (χ4v) is 2.59. The Balaban J connectivity index is 2.29. The third-order valence-electron chi connectivity index (χ3n) is 3.04. The molecule has 2 unspecified atom stereocenters. The number of hydrogen-bond acceptors (Lipinski definition) is 3. The standard InChI is InChI=1S/C13H13Cl3N2O3/c1-3-17(10-5-4-8(14)6-9(10)15)13(20)18-12(19)11(16)7(2)21-18/h4-7,11H,3H2,1-2H3. The van der Waals surface area contributed by atoms with Gasteiger partial charge >= 0.3 is 6.03 Å². The molecule has 1 aromatic carbocycles. The summed E-state index contributed by atoms with van der Waals surface area (Å²) < 4.78 is 0. The largest absolute Gasteiger partial charge is 0.355 e. The van der Waals surface area contributed by atoms with Crippen molar-refractivity contribution in [2.24, 2.45) is 0 Å². The number of carbonyl (C=O) groups is 2. The van der Waals surface area contributed by atoms with Crippen LogP contribution in [0.3, 0.4) is 0 Å². The summed E-state index contributed by atoms with van der Waals surface area (Å²) >= 11 is 17.8. The molecule has 1 aromatic rings. The zero-order valence-electron chi connectivity index (χ0n) is 11.3. The van der Waals surface area contributed by atoms with Crippen molar-refractivity contribution < 1.29 is 14.4 Å². The molecule has 21 heavy (non-hydrogen) atoms. The van der Waals surface area contributed by atoms with E-state index in [9.17, 15) is 9.59 Å². The van der Waals surface area contributed by atoms with Crippen LogP contribution in [0.25, 0.3) is 0 Å². The molecular formula is C13H13Cl3N2O3. The van der Waals surface area contributed by atoms with Crippen molar-refractivity contribution in [2.45, 2.75) is 25.3 Å². The van der Waals surface area contributed by atoms with E-state index >= 15 is 0 Å². The molecule has 2 rings (SSSR count). The lowest BCUT2D eigenvalue weighted by Crippen LogP contribution is -2.44. The first-order valence-electron chi connectivity index (χ1n) is 6.28. The Morgan fingerprint density at radius 3 is 2.57 bits per heavy atom. The number of anilines is 1. The van der Waals surface area contributed by atoms with Gasteiger partial charge in [-0.15, -0.1) is 16.7 Å². The summed E-state index contributed by atoms with van der Waals surface area (Å²) in [5.74, 6) is -0.585. The van der Waals surface area contributed by atoms with Gasteiger partial charge in [-0.2, -0.15) is 0 Å². The van der Waals surface area contributed by atoms with Gasteiger partial charge in [-0.3, -0.25) is 14.5 Å². The molecule has 0 radical (unpaired) electrons. The molecule has 0 N–H and O–H groups in total. The highest BCUT2D eigenvalue weighted by Crippen LogP contribution is 2.31. The average Bonchev–Trinajstić information content (AvgIpc) is 2.69. The monoisotopic (exact) mass is 350 g/mol. The highest BCUT2D eigenvalue weighted by Gasteiger charge is 2.43. The molecule has 8 heteroatoms. The smallest absolute Gasteiger partial charge is 0.291 e. The Labute approximate surface area is 137 Å². The maximum Gasteiger partial charge on any atom is 0.355 e. The Morgan fingerprint density at radius 1 is 1.43 bits per heavy atom. The number of alkyl halides is 1. The second kappa shape index (κ2) is 6.40. The highest BCUT2D eigenvalue weighted by molar-refractivity contribution is 6.37. The normalized spacial score (nSPS) is 21.8. The van der Waals surface area contributed by atoms with Gasteiger partial charge in [0.25, 0.3) is 5.91 Å². The number of imide groups is 1. The van der Waals surface area contributed by atoms with Crippen LogP contribution in [0.15, 0.2) is 18.2 Å². The number of benzene rings is 1. The van der Waals surface area contributed by atoms with Crippen molar-refractivity contribution in [3.63, 3.8) is 0 Å². The molecule has 2 atom stereocenters. The summed E-state index contributed by atoms with van der Waals surface area (Å²) in [5, 5.41) is 0.555. The van der Waals surface area contributed by atoms with E-state index in [-0.39, 0.29) is 0 Å². The van der Waals surface area contributed by atoms with E-state index in [2.05, 4.69) is 0 Å². The Morgan fingerprint density at radius 2 is 2.10 bits per heavy atom. The van der Waals surface area contributed by atoms with Gasteiger partial charge < -0.3 is 0 Å². The van der Waals surface area contributed by atoms with Crippen molar-refractivity contribution in [1.82, 2.24) is 5.06 Å². The molecule has 0 saturated carbocycles. The predicted molar refractivity (Wildman–Crippen MR) is 81.9 cm³/mol. The summed E-state index contributed by atoms with van der Waals surface area (Å²) in [6, 6.07) is 4.10. The van der Waals surface area contributed by atoms with Crippen LogP contribution in [0, 0.1) is 0 Å². The zero-order chi connectivity index (χ0) is 15.7. The van der Waals surface area contributed by atoms with E-state index in [1.165, 1.54) is 11.0 Å². The zero-order valence-corrected chi connectivity index (χ0v) is 13.6. The van der Waals surface area contributed by atoms with Crippen molar-refractivity contribution in [3.05, 3.63) is 28.2 Å². The van der Waals surface area contributed by atoms with Crippen molar-refractivity contribution >= 4 is 52.4 Å². The second-order valence-electron chi connectivity index (χ2n) is 4.47. The molecule has 1 fully saturated rings. The molecule has 5 nitrogen and oxygen atoms in total. The lowest BCUT2D eigenvalue weighted by molar-refractivity contribution is -0.152. The van der Waals surface area contributed by atoms with Gasteiger partial charge in [-0.05, 0) is 32.0 Å². The molecule has 1 saturated heterocycles. The van der Waals surface area contributed by atoms with Crippen LogP contribution in [0.2, 0.25) is 10.0 Å². The van der Waals surface area contributed by atoms with Crippen molar-refractivity contribution in [3.8, 4) is 0 Å². The molecular weight excluding hydrogens is 339 g/mol. The quantitative estimate of drug-likeness (QED) is 0.763. The molecule has 0 aliphatic carbocycles. The number of hydroxylamine groups is 2. The first-order valence-corrected chi connectivity index (χ1v) is 7.47. The summed E-state index contributed by atoms with van der Waals surface area (Å²) in [5.41, 5.74) is 0.440. The molecule has 0 aromatic heterocycles. The minimum Gasteiger partial charge on any atom is -0.291 e. The molecule has 1 aliphatic heterocycles. The number of urea groups is 1. The van der Waals surface area contributed by atoms with Crippen LogP contribution in [0.4, 0.5) is 10.5 Å². The molecule has 1 heterocycles. The maximum atomic E-state index is 12.5. The van der Waals surface area contributed by atoms with Gasteiger partial charge in [0.2, 0.25) is 0 Å². The average molecular weight is 352 g/mol. The van der Waals surface area contributed by atoms with Crippen molar-refractivity contribution in [2.75, 3.05) is 11.4 Å². The third-order valence-corrected chi connectivity index (χ3v) is 4.12. The van der Waals surface area contributed by atoms with Gasteiger partial charge in [0.05, 0.1) is 10.7 Å². The fraction of sp³-hybridized carbons (Fsp3) is 0.385. The Bertz CT molecular complexity index is 582. The summed E-state index contributed by atoms with van der Waals surface area (Å²) in [7, 11) is 0.